The quantitative estimate of drug-likeness (QED) is 0.568. The highest BCUT2D eigenvalue weighted by Gasteiger charge is 2.32. The second-order valence-electron chi connectivity index (χ2n) is 7.89. The second-order valence-corrected chi connectivity index (χ2v) is 9.00. The Balaban J connectivity index is 1.76. The van der Waals surface area contributed by atoms with Crippen molar-refractivity contribution in [1.82, 2.24) is 0 Å². The van der Waals surface area contributed by atoms with E-state index in [9.17, 15) is 27.6 Å². The number of amides is 1. The van der Waals surface area contributed by atoms with Crippen LogP contribution in [0.3, 0.4) is 0 Å². The summed E-state index contributed by atoms with van der Waals surface area (Å²) in [5.41, 5.74) is -0.141. The summed E-state index contributed by atoms with van der Waals surface area (Å²) in [6, 6.07) is 3.77. The maximum absolute atomic E-state index is 12.9. The molecule has 1 amide bonds. The van der Waals surface area contributed by atoms with Crippen molar-refractivity contribution in [3.05, 3.63) is 51.4 Å². The van der Waals surface area contributed by atoms with Crippen LogP contribution >= 0.6 is 11.3 Å². The van der Waals surface area contributed by atoms with E-state index in [1.165, 1.54) is 24.3 Å². The van der Waals surface area contributed by atoms with Gasteiger partial charge in [-0.15, -0.1) is 11.3 Å². The van der Waals surface area contributed by atoms with Crippen LogP contribution in [-0.4, -0.2) is 30.6 Å². The van der Waals surface area contributed by atoms with Gasteiger partial charge in [-0.1, -0.05) is 13.0 Å². The zero-order valence-electron chi connectivity index (χ0n) is 18.4. The van der Waals surface area contributed by atoms with Gasteiger partial charge in [0.1, 0.15) is 5.00 Å². The molecular formula is C23H24F3NO5S. The minimum atomic E-state index is -4.61. The first-order valence-corrected chi connectivity index (χ1v) is 11.3. The van der Waals surface area contributed by atoms with Gasteiger partial charge in [-0.25, -0.2) is 9.59 Å². The zero-order valence-corrected chi connectivity index (χ0v) is 19.2. The highest BCUT2D eigenvalue weighted by molar-refractivity contribution is 7.17. The smallest absolute Gasteiger partial charge is 0.416 e. The lowest BCUT2D eigenvalue weighted by molar-refractivity contribution is -0.137. The molecule has 1 aliphatic rings. The predicted octanol–water partition coefficient (Wildman–Crippen LogP) is 5.25. The number of esters is 2. The Morgan fingerprint density at radius 1 is 1.24 bits per heavy atom. The molecule has 10 heteroatoms. The number of benzene rings is 1. The van der Waals surface area contributed by atoms with E-state index in [0.29, 0.717) is 29.0 Å². The van der Waals surface area contributed by atoms with Crippen molar-refractivity contribution in [2.24, 2.45) is 5.92 Å². The van der Waals surface area contributed by atoms with E-state index in [1.54, 1.807) is 6.92 Å². The summed E-state index contributed by atoms with van der Waals surface area (Å²) in [6.45, 7) is 5.28. The molecule has 6 nitrogen and oxygen atoms in total. The molecule has 1 aliphatic carbocycles. The van der Waals surface area contributed by atoms with Gasteiger partial charge in [0.2, 0.25) is 0 Å². The number of hydrogen-bond donors (Lipinski definition) is 1. The van der Waals surface area contributed by atoms with E-state index in [2.05, 4.69) is 12.2 Å². The van der Waals surface area contributed by atoms with Crippen LogP contribution in [0.5, 0.6) is 0 Å². The summed E-state index contributed by atoms with van der Waals surface area (Å²) < 4.78 is 48.9. The third-order valence-electron chi connectivity index (χ3n) is 5.31. The number of rotatable bonds is 6. The second kappa shape index (κ2) is 9.94. The summed E-state index contributed by atoms with van der Waals surface area (Å²) in [5, 5.41) is 2.95. The van der Waals surface area contributed by atoms with E-state index in [1.807, 2.05) is 0 Å². The minimum absolute atomic E-state index is 0.179. The minimum Gasteiger partial charge on any atom is -0.462 e. The summed E-state index contributed by atoms with van der Waals surface area (Å²) in [4.78, 5) is 38.6. The van der Waals surface area contributed by atoms with E-state index in [0.717, 1.165) is 35.4 Å². The maximum atomic E-state index is 12.9. The molecule has 1 N–H and O–H groups in total. The molecule has 1 aromatic carbocycles. The Labute approximate surface area is 193 Å². The van der Waals surface area contributed by atoms with E-state index >= 15 is 0 Å². The first kappa shape index (κ1) is 24.8. The van der Waals surface area contributed by atoms with Gasteiger partial charge < -0.3 is 14.8 Å². The molecule has 0 spiro atoms. The summed E-state index contributed by atoms with van der Waals surface area (Å²) in [5.74, 6) is -1.85. The van der Waals surface area contributed by atoms with Crippen LogP contribution in [0.1, 0.15) is 63.9 Å². The number of hydrogen-bond acceptors (Lipinski definition) is 6. The fourth-order valence-corrected chi connectivity index (χ4v) is 4.98. The fourth-order valence-electron chi connectivity index (χ4n) is 3.58. The Bertz CT molecular complexity index is 1060. The Kier molecular flexibility index (Phi) is 7.46. The van der Waals surface area contributed by atoms with Gasteiger partial charge in [-0.05, 0) is 62.8 Å². The maximum Gasteiger partial charge on any atom is 0.416 e. The molecule has 0 saturated heterocycles. The van der Waals surface area contributed by atoms with Crippen molar-refractivity contribution in [2.45, 2.75) is 52.3 Å². The van der Waals surface area contributed by atoms with Crippen LogP contribution in [0.4, 0.5) is 18.2 Å². The third-order valence-corrected chi connectivity index (χ3v) is 6.48. The number of thiophene rings is 1. The molecule has 0 fully saturated rings. The number of carbonyl (C=O) groups excluding carboxylic acids is 3. The Hall–Kier alpha value is -2.88. The molecule has 0 bridgehead atoms. The molecule has 33 heavy (non-hydrogen) atoms. The summed E-state index contributed by atoms with van der Waals surface area (Å²) in [7, 11) is 0. The standard InChI is InChI=1S/C23H24F3NO5S/c1-4-31-22(30)18-16-9-8-12(2)10-17(16)33-20(18)27-19(28)13(3)32-21(29)14-6-5-7-15(11-14)23(24,25)26/h5-7,11-13H,4,8-10H2,1-3H3,(H,27,28)/t12-,13-/m1/s1. The van der Waals surface area contributed by atoms with Gasteiger partial charge in [0.25, 0.3) is 5.91 Å². The van der Waals surface area contributed by atoms with Gasteiger partial charge >= 0.3 is 18.1 Å². The van der Waals surface area contributed by atoms with Crippen LogP contribution < -0.4 is 5.32 Å². The zero-order chi connectivity index (χ0) is 24.3. The Morgan fingerprint density at radius 2 is 1.97 bits per heavy atom. The Morgan fingerprint density at radius 3 is 2.64 bits per heavy atom. The number of anilines is 1. The SMILES string of the molecule is CCOC(=O)c1c(NC(=O)[C@@H](C)OC(=O)c2cccc(C(F)(F)F)c2)sc2c1CC[C@@H](C)C2. The highest BCUT2D eigenvalue weighted by Crippen LogP contribution is 2.40. The van der Waals surface area contributed by atoms with Gasteiger partial charge in [-0.2, -0.15) is 13.2 Å². The van der Waals surface area contributed by atoms with E-state index < -0.39 is 35.7 Å². The number of alkyl halides is 3. The van der Waals surface area contributed by atoms with Crippen molar-refractivity contribution in [2.75, 3.05) is 11.9 Å². The van der Waals surface area contributed by atoms with Gasteiger partial charge in [0.05, 0.1) is 23.3 Å². The van der Waals surface area contributed by atoms with Crippen molar-refractivity contribution >= 4 is 34.2 Å². The molecular weight excluding hydrogens is 459 g/mol. The molecule has 0 unspecified atom stereocenters. The fraction of sp³-hybridized carbons (Fsp3) is 0.435. The topological polar surface area (TPSA) is 81.7 Å². The number of ether oxygens (including phenoxy) is 2. The van der Waals surface area contributed by atoms with Gasteiger partial charge in [0.15, 0.2) is 6.10 Å². The first-order chi connectivity index (χ1) is 15.5. The van der Waals surface area contributed by atoms with Crippen LogP contribution in [0.15, 0.2) is 24.3 Å². The number of fused-ring (bicyclic) bond motifs is 1. The van der Waals surface area contributed by atoms with Crippen LogP contribution in [0, 0.1) is 5.92 Å². The van der Waals surface area contributed by atoms with Crippen molar-refractivity contribution in [3.8, 4) is 0 Å². The van der Waals surface area contributed by atoms with Gasteiger partial charge in [-0.3, -0.25) is 4.79 Å². The summed E-state index contributed by atoms with van der Waals surface area (Å²) >= 11 is 1.29. The monoisotopic (exact) mass is 483 g/mol. The molecule has 2 aromatic rings. The number of nitrogens with one attached hydrogen (secondary N) is 1. The van der Waals surface area contributed by atoms with Crippen LogP contribution in [0.25, 0.3) is 0 Å². The predicted molar refractivity (Wildman–Crippen MR) is 116 cm³/mol. The van der Waals surface area contributed by atoms with Crippen LogP contribution in [-0.2, 0) is 33.3 Å². The number of carbonyl (C=O) groups is 3. The molecule has 1 aromatic heterocycles. The lowest BCUT2D eigenvalue weighted by Crippen LogP contribution is -2.30. The van der Waals surface area contributed by atoms with Crippen LogP contribution in [0.2, 0.25) is 0 Å². The van der Waals surface area contributed by atoms with Crippen molar-refractivity contribution < 1.29 is 37.0 Å². The largest absolute Gasteiger partial charge is 0.462 e. The highest BCUT2D eigenvalue weighted by atomic mass is 32.1. The average Bonchev–Trinajstić information content (AvgIpc) is 3.10. The molecule has 0 saturated carbocycles. The normalized spacial score (nSPS) is 16.5. The lowest BCUT2D eigenvalue weighted by atomic mass is 9.88. The van der Waals surface area contributed by atoms with E-state index in [4.69, 9.17) is 9.47 Å². The molecule has 0 aliphatic heterocycles. The number of halogens is 3. The molecule has 3 rings (SSSR count). The average molecular weight is 484 g/mol. The summed E-state index contributed by atoms with van der Waals surface area (Å²) in [6.07, 6.45) is -3.54. The van der Waals surface area contributed by atoms with Gasteiger partial charge in [0, 0.05) is 4.88 Å². The molecule has 0 radical (unpaired) electrons. The lowest BCUT2D eigenvalue weighted by Gasteiger charge is -2.18. The molecule has 1 heterocycles. The van der Waals surface area contributed by atoms with Crippen molar-refractivity contribution in [3.63, 3.8) is 0 Å². The molecule has 2 atom stereocenters. The third kappa shape index (κ3) is 5.73. The first-order valence-electron chi connectivity index (χ1n) is 10.5. The van der Waals surface area contributed by atoms with E-state index in [-0.39, 0.29) is 12.2 Å². The van der Waals surface area contributed by atoms with Crippen molar-refractivity contribution in [1.29, 1.82) is 0 Å². The molecule has 178 valence electrons.